The van der Waals surface area contributed by atoms with Crippen molar-refractivity contribution >= 4 is 11.8 Å². The van der Waals surface area contributed by atoms with Crippen LogP contribution in [-0.4, -0.2) is 43.4 Å². The van der Waals surface area contributed by atoms with E-state index in [1.165, 1.54) is 0 Å². The van der Waals surface area contributed by atoms with Gasteiger partial charge in [-0.3, -0.25) is 9.59 Å². The van der Waals surface area contributed by atoms with Crippen molar-refractivity contribution in [2.75, 3.05) is 26.7 Å². The summed E-state index contributed by atoms with van der Waals surface area (Å²) in [5.74, 6) is 0.103. The zero-order valence-electron chi connectivity index (χ0n) is 13.8. The molecule has 0 saturated carbocycles. The molecule has 22 heavy (non-hydrogen) atoms. The normalized spacial score (nSPS) is 10.3. The first-order valence-corrected chi connectivity index (χ1v) is 7.91. The van der Waals surface area contributed by atoms with Gasteiger partial charge in [0.05, 0.1) is 0 Å². The van der Waals surface area contributed by atoms with Gasteiger partial charge in [0.2, 0.25) is 5.91 Å². The number of nitrogens with one attached hydrogen (secondary N) is 2. The molecule has 0 aliphatic heterocycles. The molecule has 0 radical (unpaired) electrons. The highest BCUT2D eigenvalue weighted by Crippen LogP contribution is 2.08. The van der Waals surface area contributed by atoms with Gasteiger partial charge in [0.25, 0.3) is 5.91 Å². The minimum absolute atomic E-state index is 0.0488. The molecule has 0 atom stereocenters. The summed E-state index contributed by atoms with van der Waals surface area (Å²) in [5, 5.41) is 5.91. The molecule has 0 aliphatic carbocycles. The maximum atomic E-state index is 12.2. The van der Waals surface area contributed by atoms with Crippen molar-refractivity contribution in [3.05, 3.63) is 35.4 Å². The van der Waals surface area contributed by atoms with Crippen LogP contribution in [-0.2, 0) is 11.3 Å². The van der Waals surface area contributed by atoms with Gasteiger partial charge in [-0.15, -0.1) is 0 Å². The highest BCUT2D eigenvalue weighted by molar-refractivity contribution is 5.94. The zero-order chi connectivity index (χ0) is 16.4. The predicted molar refractivity (Wildman–Crippen MR) is 88.7 cm³/mol. The lowest BCUT2D eigenvalue weighted by Crippen LogP contribution is -2.30. The molecule has 0 spiro atoms. The predicted octanol–water partition coefficient (Wildman–Crippen LogP) is 1.78. The first-order chi connectivity index (χ1) is 10.6. The maximum Gasteiger partial charge on any atom is 0.253 e. The molecule has 5 heteroatoms. The second-order valence-electron chi connectivity index (χ2n) is 5.16. The summed E-state index contributed by atoms with van der Waals surface area (Å²) >= 11 is 0. The van der Waals surface area contributed by atoms with Gasteiger partial charge >= 0.3 is 0 Å². The number of carbonyl (C=O) groups is 2. The molecule has 2 amide bonds. The molecule has 1 aromatic rings. The van der Waals surface area contributed by atoms with E-state index in [1.807, 2.05) is 45.2 Å². The monoisotopic (exact) mass is 305 g/mol. The Hall–Kier alpha value is -1.88. The van der Waals surface area contributed by atoms with Crippen LogP contribution in [0.1, 0.15) is 42.6 Å². The molecule has 0 unspecified atom stereocenters. The Bertz CT molecular complexity index is 467. The number of hydrogen-bond donors (Lipinski definition) is 2. The highest BCUT2D eigenvalue weighted by Gasteiger charge is 2.11. The van der Waals surface area contributed by atoms with Crippen molar-refractivity contribution in [2.24, 2.45) is 0 Å². The van der Waals surface area contributed by atoms with Crippen LogP contribution in [0.3, 0.4) is 0 Å². The van der Waals surface area contributed by atoms with Crippen molar-refractivity contribution in [3.8, 4) is 0 Å². The van der Waals surface area contributed by atoms with E-state index in [9.17, 15) is 9.59 Å². The van der Waals surface area contributed by atoms with Crippen LogP contribution in [0.25, 0.3) is 0 Å². The fourth-order valence-corrected chi connectivity index (χ4v) is 2.17. The van der Waals surface area contributed by atoms with Crippen molar-refractivity contribution in [1.82, 2.24) is 15.5 Å². The average Bonchev–Trinajstić information content (AvgIpc) is 2.54. The van der Waals surface area contributed by atoms with Gasteiger partial charge in [0.15, 0.2) is 0 Å². The van der Waals surface area contributed by atoms with Crippen molar-refractivity contribution in [1.29, 1.82) is 0 Å². The van der Waals surface area contributed by atoms with Gasteiger partial charge in [0, 0.05) is 31.6 Å². The molecule has 0 aromatic heterocycles. The largest absolute Gasteiger partial charge is 0.352 e. The molecule has 0 heterocycles. The Morgan fingerprint density at radius 2 is 1.73 bits per heavy atom. The van der Waals surface area contributed by atoms with Gasteiger partial charge in [-0.25, -0.2) is 0 Å². The van der Waals surface area contributed by atoms with E-state index in [0.29, 0.717) is 31.6 Å². The molecule has 1 aromatic carbocycles. The average molecular weight is 305 g/mol. The van der Waals surface area contributed by atoms with E-state index >= 15 is 0 Å². The fourth-order valence-electron chi connectivity index (χ4n) is 2.17. The molecular formula is C17H27N3O2. The van der Waals surface area contributed by atoms with E-state index in [-0.39, 0.29) is 11.8 Å². The number of hydrogen-bond acceptors (Lipinski definition) is 3. The Morgan fingerprint density at radius 1 is 1.09 bits per heavy atom. The Labute approximate surface area is 133 Å². The molecule has 0 bridgehead atoms. The van der Waals surface area contributed by atoms with Crippen molar-refractivity contribution in [3.63, 3.8) is 0 Å². The number of benzene rings is 1. The quantitative estimate of drug-likeness (QED) is 0.684. The van der Waals surface area contributed by atoms with Crippen LogP contribution in [0.4, 0.5) is 0 Å². The summed E-state index contributed by atoms with van der Waals surface area (Å²) in [6.45, 7) is 6.70. The zero-order valence-corrected chi connectivity index (χ0v) is 13.8. The van der Waals surface area contributed by atoms with Crippen molar-refractivity contribution < 1.29 is 9.59 Å². The fraction of sp³-hybridized carbons (Fsp3) is 0.529. The molecule has 2 N–H and O–H groups in total. The number of carbonyl (C=O) groups excluding carboxylic acids is 2. The van der Waals surface area contributed by atoms with Crippen LogP contribution in [0.5, 0.6) is 0 Å². The van der Waals surface area contributed by atoms with Gasteiger partial charge in [0.1, 0.15) is 0 Å². The summed E-state index contributed by atoms with van der Waals surface area (Å²) in [6.07, 6.45) is 1.36. The summed E-state index contributed by atoms with van der Waals surface area (Å²) in [7, 11) is 1.87. The smallest absolute Gasteiger partial charge is 0.253 e. The van der Waals surface area contributed by atoms with Crippen molar-refractivity contribution in [2.45, 2.75) is 33.2 Å². The van der Waals surface area contributed by atoms with Crippen LogP contribution in [0, 0.1) is 0 Å². The first kappa shape index (κ1) is 18.2. The van der Waals surface area contributed by atoms with Crippen LogP contribution in [0.2, 0.25) is 0 Å². The minimum atomic E-state index is 0.0488. The molecule has 1 rings (SSSR count). The maximum absolute atomic E-state index is 12.2. The topological polar surface area (TPSA) is 61.4 Å². The first-order valence-electron chi connectivity index (χ1n) is 7.91. The lowest BCUT2D eigenvalue weighted by atomic mass is 10.1. The number of amides is 2. The lowest BCUT2D eigenvalue weighted by molar-refractivity contribution is -0.121. The van der Waals surface area contributed by atoms with E-state index in [2.05, 4.69) is 10.6 Å². The third-order valence-corrected chi connectivity index (χ3v) is 3.57. The molecule has 0 fully saturated rings. The summed E-state index contributed by atoms with van der Waals surface area (Å²) in [4.78, 5) is 25.6. The molecule has 5 nitrogen and oxygen atoms in total. The standard InChI is InChI=1S/C17H27N3O2/c1-4-20(5-2)17(22)15-10-8-14(9-11-15)13-19-16(21)7-6-12-18-3/h8-11,18H,4-7,12-13H2,1-3H3,(H,19,21). The summed E-state index contributed by atoms with van der Waals surface area (Å²) < 4.78 is 0. The lowest BCUT2D eigenvalue weighted by Gasteiger charge is -2.18. The minimum Gasteiger partial charge on any atom is -0.352 e. The van der Waals surface area contributed by atoms with Crippen LogP contribution < -0.4 is 10.6 Å². The second kappa shape index (κ2) is 9.95. The van der Waals surface area contributed by atoms with Crippen LogP contribution in [0.15, 0.2) is 24.3 Å². The third kappa shape index (κ3) is 5.85. The SMILES string of the molecule is CCN(CC)C(=O)c1ccc(CNC(=O)CCCNC)cc1. The van der Waals surface area contributed by atoms with Crippen LogP contribution >= 0.6 is 0 Å². The van der Waals surface area contributed by atoms with E-state index in [4.69, 9.17) is 0 Å². The Kier molecular flexibility index (Phi) is 8.22. The Morgan fingerprint density at radius 3 is 2.27 bits per heavy atom. The Balaban J connectivity index is 2.48. The van der Waals surface area contributed by atoms with Gasteiger partial charge in [-0.2, -0.15) is 0 Å². The van der Waals surface area contributed by atoms with E-state index in [1.54, 1.807) is 4.90 Å². The second-order valence-corrected chi connectivity index (χ2v) is 5.16. The van der Waals surface area contributed by atoms with E-state index < -0.39 is 0 Å². The van der Waals surface area contributed by atoms with Gasteiger partial charge in [-0.1, -0.05) is 12.1 Å². The number of nitrogens with zero attached hydrogens (tertiary/aromatic N) is 1. The molecule has 122 valence electrons. The highest BCUT2D eigenvalue weighted by atomic mass is 16.2. The number of rotatable bonds is 9. The van der Waals surface area contributed by atoms with E-state index in [0.717, 1.165) is 18.5 Å². The summed E-state index contributed by atoms with van der Waals surface area (Å²) in [5.41, 5.74) is 1.69. The molecular weight excluding hydrogens is 278 g/mol. The summed E-state index contributed by atoms with van der Waals surface area (Å²) in [6, 6.07) is 7.43. The molecule has 0 saturated heterocycles. The van der Waals surface area contributed by atoms with Gasteiger partial charge in [-0.05, 0) is 51.6 Å². The third-order valence-electron chi connectivity index (χ3n) is 3.57. The molecule has 0 aliphatic rings. The van der Waals surface area contributed by atoms with Gasteiger partial charge < -0.3 is 15.5 Å².